The van der Waals surface area contributed by atoms with Crippen molar-refractivity contribution in [3.05, 3.63) is 5.92 Å². The second kappa shape index (κ2) is 37.8. The molecule has 0 radical (unpaired) electrons. The molecule has 28 heavy (non-hydrogen) atoms. The number of aliphatic carboxylic acids is 1. The first-order chi connectivity index (χ1) is 12.2. The van der Waals surface area contributed by atoms with Crippen LogP contribution in [0.1, 0.15) is 114 Å². The number of carboxylic acid groups (broad SMARTS) is 1. The smallest absolute Gasteiger partial charge is 0.303 e. The Kier molecular flexibility index (Phi) is 57.0. The Hall–Kier alpha value is 0.0643. The fourth-order valence-corrected chi connectivity index (χ4v) is 1.06. The van der Waals surface area contributed by atoms with Gasteiger partial charge in [0.2, 0.25) is 0 Å². The Morgan fingerprint density at radius 3 is 1.14 bits per heavy atom. The van der Waals surface area contributed by atoms with E-state index < -0.39 is 5.97 Å². The van der Waals surface area contributed by atoms with E-state index in [1.807, 2.05) is 0 Å². The molecule has 0 saturated heterocycles. The van der Waals surface area contributed by atoms with Gasteiger partial charge in [0.1, 0.15) is 0 Å². The molecule has 0 aromatic heterocycles. The molecule has 0 unspecified atom stereocenters. The van der Waals surface area contributed by atoms with Crippen LogP contribution in [-0.4, -0.2) is 44.7 Å². The molecular formula is C22H51O5Ti-. The third kappa shape index (κ3) is 252. The predicted octanol–water partition coefficient (Wildman–Crippen LogP) is 5.60. The summed E-state index contributed by atoms with van der Waals surface area (Å²) < 4.78 is 0. The van der Waals surface area contributed by atoms with Gasteiger partial charge < -0.3 is 26.3 Å². The van der Waals surface area contributed by atoms with Crippen LogP contribution in [0.2, 0.25) is 0 Å². The Morgan fingerprint density at radius 1 is 0.714 bits per heavy atom. The molecule has 0 bridgehead atoms. The fraction of sp³-hybridized carbons (Fsp3) is 0.909. The molecule has 0 saturated carbocycles. The number of hydrogen-bond acceptors (Lipinski definition) is 4. The van der Waals surface area contributed by atoms with Gasteiger partial charge in [0.05, 0.1) is 0 Å². The van der Waals surface area contributed by atoms with Crippen LogP contribution in [0.15, 0.2) is 0 Å². The van der Waals surface area contributed by atoms with Crippen molar-refractivity contribution >= 4 is 5.97 Å². The molecule has 4 N–H and O–H groups in total. The average molecular weight is 444 g/mol. The van der Waals surface area contributed by atoms with Crippen LogP contribution in [0.5, 0.6) is 0 Å². The summed E-state index contributed by atoms with van der Waals surface area (Å²) in [6, 6.07) is 0. The Bertz CT molecular complexity index is 210. The first-order valence-corrected chi connectivity index (χ1v) is 10.2. The molecule has 0 rings (SSSR count). The minimum absolute atomic E-state index is 0. The van der Waals surface area contributed by atoms with Crippen LogP contribution in [0, 0.1) is 5.92 Å². The van der Waals surface area contributed by atoms with Gasteiger partial charge in [-0.1, -0.05) is 39.0 Å². The molecule has 6 heteroatoms. The first kappa shape index (κ1) is 42.2. The van der Waals surface area contributed by atoms with Crippen LogP contribution in [0.4, 0.5) is 0 Å². The number of aliphatic hydroxyl groups excluding tert-OH is 3. The summed E-state index contributed by atoms with van der Waals surface area (Å²) in [4.78, 5) is 10.1. The molecular weight excluding hydrogens is 392 g/mol. The van der Waals surface area contributed by atoms with Gasteiger partial charge in [0.15, 0.2) is 0 Å². The summed E-state index contributed by atoms with van der Waals surface area (Å²) in [6.45, 7) is 18.8. The summed E-state index contributed by atoms with van der Waals surface area (Å²) in [6.07, 6.45) is 6.75. The molecule has 0 spiro atoms. The van der Waals surface area contributed by atoms with E-state index in [1.54, 1.807) is 41.5 Å². The second-order valence-corrected chi connectivity index (χ2v) is 7.69. The number of hydrogen-bond donors (Lipinski definition) is 4. The van der Waals surface area contributed by atoms with Gasteiger partial charge in [-0.3, -0.25) is 4.79 Å². The number of rotatable bonds is 7. The molecule has 0 aliphatic carbocycles. The molecule has 0 aliphatic rings. The quantitative estimate of drug-likeness (QED) is 0.233. The number of carbonyl (C=O) groups is 1. The van der Waals surface area contributed by atoms with Crippen LogP contribution in [-0.2, 0) is 26.5 Å². The summed E-state index contributed by atoms with van der Waals surface area (Å²) in [7, 11) is 0. The maximum Gasteiger partial charge on any atom is 0.303 e. The predicted molar refractivity (Wildman–Crippen MR) is 118 cm³/mol. The number of aliphatic hydroxyl groups is 3. The first-order valence-electron chi connectivity index (χ1n) is 10.2. The van der Waals surface area contributed by atoms with Crippen LogP contribution in [0.25, 0.3) is 0 Å². The van der Waals surface area contributed by atoms with E-state index in [1.165, 1.54) is 31.6 Å². The van der Waals surface area contributed by atoms with E-state index in [0.717, 1.165) is 12.8 Å². The van der Waals surface area contributed by atoms with Gasteiger partial charge in [0, 0.05) is 46.5 Å². The van der Waals surface area contributed by atoms with Gasteiger partial charge in [-0.25, -0.2) is 0 Å². The fourth-order valence-electron chi connectivity index (χ4n) is 1.06. The van der Waals surface area contributed by atoms with Crippen molar-refractivity contribution in [1.82, 2.24) is 0 Å². The molecule has 0 aromatic rings. The number of carboxylic acids is 1. The zero-order valence-corrected chi connectivity index (χ0v) is 21.9. The second-order valence-electron chi connectivity index (χ2n) is 7.69. The van der Waals surface area contributed by atoms with Gasteiger partial charge in [-0.05, 0) is 48.0 Å². The van der Waals surface area contributed by atoms with Crippen molar-refractivity contribution in [1.29, 1.82) is 0 Å². The molecule has 0 amide bonds. The van der Waals surface area contributed by atoms with Crippen molar-refractivity contribution in [3.8, 4) is 0 Å². The van der Waals surface area contributed by atoms with E-state index >= 15 is 0 Å². The minimum Gasteiger partial charge on any atom is -0.481 e. The number of unbranched alkanes of at least 4 members (excludes halogenated alkanes) is 5. The van der Waals surface area contributed by atoms with Crippen molar-refractivity contribution in [2.75, 3.05) is 0 Å². The molecule has 0 atom stereocenters. The van der Waals surface area contributed by atoms with Crippen molar-refractivity contribution in [3.63, 3.8) is 0 Å². The van der Waals surface area contributed by atoms with E-state index in [0.29, 0.717) is 6.42 Å². The Morgan fingerprint density at radius 2 is 0.929 bits per heavy atom. The van der Waals surface area contributed by atoms with Gasteiger partial charge in [-0.15, -0.1) is 0 Å². The van der Waals surface area contributed by atoms with Crippen LogP contribution < -0.4 is 0 Å². The van der Waals surface area contributed by atoms with Crippen molar-refractivity contribution in [2.45, 2.75) is 132 Å². The van der Waals surface area contributed by atoms with Crippen LogP contribution >= 0.6 is 0 Å². The average Bonchev–Trinajstić information content (AvgIpc) is 2.40. The zero-order chi connectivity index (χ0) is 22.8. The third-order valence-corrected chi connectivity index (χ3v) is 1.74. The molecule has 0 aliphatic heterocycles. The molecule has 174 valence electrons. The zero-order valence-electron chi connectivity index (χ0n) is 20.4. The van der Waals surface area contributed by atoms with E-state index in [9.17, 15) is 4.79 Å². The van der Waals surface area contributed by atoms with Crippen molar-refractivity contribution in [2.24, 2.45) is 0 Å². The van der Waals surface area contributed by atoms with Gasteiger partial charge in [-0.2, -0.15) is 20.8 Å². The van der Waals surface area contributed by atoms with E-state index in [2.05, 4.69) is 27.7 Å². The molecule has 0 aromatic carbocycles. The standard InChI is InChI=1S/C9H18O2.C4H9.3C3H8O.Ti/c1-2-3-4-5-6-7-8-9(10)11;1-4(2)3;3*1-3(2)4;/h2-8H2,1H3,(H,10,11);1-3H3;3*3-4H,1-2H3;/q;-1;;;;. The normalized spacial score (nSPS) is 9.04. The van der Waals surface area contributed by atoms with Gasteiger partial charge in [0.25, 0.3) is 0 Å². The van der Waals surface area contributed by atoms with E-state index in [-0.39, 0.29) is 40.0 Å². The monoisotopic (exact) mass is 443 g/mol. The Balaban J connectivity index is -0.0000000599. The maximum absolute atomic E-state index is 10.1. The summed E-state index contributed by atoms with van der Waals surface area (Å²) in [5.74, 6) is 0.750. The summed E-state index contributed by atoms with van der Waals surface area (Å²) in [5, 5.41) is 32.5. The molecule has 0 heterocycles. The largest absolute Gasteiger partial charge is 0.481 e. The van der Waals surface area contributed by atoms with Crippen LogP contribution in [0.3, 0.4) is 0 Å². The molecule has 0 fully saturated rings. The topological polar surface area (TPSA) is 98.0 Å². The van der Waals surface area contributed by atoms with E-state index in [4.69, 9.17) is 20.4 Å². The summed E-state index contributed by atoms with van der Waals surface area (Å²) >= 11 is 0. The SMILES string of the molecule is CC(C)O.CC(C)O.CC(C)O.CCCCCCCCC(=O)O.C[C-](C)C.[Ti]. The van der Waals surface area contributed by atoms with Crippen molar-refractivity contribution < 1.29 is 46.9 Å². The molecule has 5 nitrogen and oxygen atoms in total. The summed E-state index contributed by atoms with van der Waals surface area (Å²) in [5.41, 5.74) is 0. The third-order valence-electron chi connectivity index (χ3n) is 1.74. The minimum atomic E-state index is -0.666. The van der Waals surface area contributed by atoms with Gasteiger partial charge >= 0.3 is 5.97 Å². The maximum atomic E-state index is 10.1. The Labute approximate surface area is 191 Å².